The maximum Gasteiger partial charge on any atom is 0.127 e. The van der Waals surface area contributed by atoms with Gasteiger partial charge in [-0.05, 0) is 73.0 Å². The van der Waals surface area contributed by atoms with Crippen LogP contribution in [-0.4, -0.2) is 28.6 Å². The van der Waals surface area contributed by atoms with Crippen molar-refractivity contribution in [2.45, 2.75) is 70.8 Å². The third-order valence-corrected chi connectivity index (χ3v) is 8.10. The van der Waals surface area contributed by atoms with Gasteiger partial charge in [0.05, 0.1) is 12.2 Å². The Balaban J connectivity index is 1.67. The van der Waals surface area contributed by atoms with Gasteiger partial charge in [0.25, 0.3) is 0 Å². The highest BCUT2D eigenvalue weighted by Gasteiger charge is 2.61. The van der Waals surface area contributed by atoms with E-state index >= 15 is 0 Å². The number of aliphatic hydroxyl groups is 2. The molecule has 4 aliphatic rings. The molecule has 124 valence electrons. The van der Waals surface area contributed by atoms with Crippen LogP contribution in [0.3, 0.4) is 0 Å². The van der Waals surface area contributed by atoms with Crippen LogP contribution in [0.5, 0.6) is 0 Å². The molecule has 4 rings (SSSR count). The van der Waals surface area contributed by atoms with Crippen LogP contribution in [0, 0.1) is 34.5 Å². The van der Waals surface area contributed by atoms with Crippen LogP contribution in [0.25, 0.3) is 0 Å². The molecule has 0 aromatic carbocycles. The monoisotopic (exact) mass is 308 g/mol. The summed E-state index contributed by atoms with van der Waals surface area (Å²) in [5.74, 6) is 2.01. The second-order valence-electron chi connectivity index (χ2n) is 8.92. The van der Waals surface area contributed by atoms with Gasteiger partial charge in [-0.25, -0.2) is 4.39 Å². The van der Waals surface area contributed by atoms with Gasteiger partial charge < -0.3 is 10.2 Å². The first-order chi connectivity index (χ1) is 10.4. The van der Waals surface area contributed by atoms with Crippen LogP contribution < -0.4 is 0 Å². The van der Waals surface area contributed by atoms with Gasteiger partial charge >= 0.3 is 0 Å². The minimum absolute atomic E-state index is 0.156. The Kier molecular flexibility index (Phi) is 3.30. The molecule has 9 atom stereocenters. The molecule has 0 aliphatic heterocycles. The quantitative estimate of drug-likeness (QED) is 0.673. The highest BCUT2D eigenvalue weighted by atomic mass is 19.1. The number of allylic oxidation sites excluding steroid dienone is 1. The van der Waals surface area contributed by atoms with Crippen molar-refractivity contribution in [3.8, 4) is 0 Å². The lowest BCUT2D eigenvalue weighted by Crippen LogP contribution is -2.53. The lowest BCUT2D eigenvalue weighted by molar-refractivity contribution is -0.102. The molecule has 3 fully saturated rings. The summed E-state index contributed by atoms with van der Waals surface area (Å²) >= 11 is 0. The minimum atomic E-state index is -1.04. The molecule has 0 heterocycles. The maximum atomic E-state index is 14.2. The van der Waals surface area contributed by atoms with E-state index in [2.05, 4.69) is 19.9 Å². The molecule has 4 aliphatic carbocycles. The molecule has 4 unspecified atom stereocenters. The Morgan fingerprint density at radius 3 is 2.59 bits per heavy atom. The van der Waals surface area contributed by atoms with Gasteiger partial charge in [-0.1, -0.05) is 26.0 Å². The van der Waals surface area contributed by atoms with Gasteiger partial charge in [0.2, 0.25) is 0 Å². The first-order valence-corrected chi connectivity index (χ1v) is 9.06. The van der Waals surface area contributed by atoms with Gasteiger partial charge in [-0.3, -0.25) is 0 Å². The molecule has 0 aromatic heterocycles. The summed E-state index contributed by atoms with van der Waals surface area (Å²) in [6, 6.07) is 0. The largest absolute Gasteiger partial charge is 0.390 e. The van der Waals surface area contributed by atoms with Crippen LogP contribution in [0.4, 0.5) is 4.39 Å². The minimum Gasteiger partial charge on any atom is -0.390 e. The standard InChI is InChI=1S/C19H29FO2/c1-18-7-5-12(21)9-11(18)3-4-13-14(18)6-8-19(2)15(13)10-16(20)17(19)22/h5,7,11-17,21-22H,3-4,6,8-10H2,1-2H3/t11?,12?,13-,14-,15+,16?,17?,18+,19+/m1/s1. The van der Waals surface area contributed by atoms with E-state index in [0.29, 0.717) is 30.1 Å². The number of halogens is 1. The second kappa shape index (κ2) is 4.80. The van der Waals surface area contributed by atoms with E-state index in [9.17, 15) is 14.6 Å². The number of hydrogen-bond acceptors (Lipinski definition) is 2. The summed E-state index contributed by atoms with van der Waals surface area (Å²) in [7, 11) is 0. The average molecular weight is 308 g/mol. The fourth-order valence-corrected chi connectivity index (χ4v) is 6.73. The van der Waals surface area contributed by atoms with Crippen LogP contribution in [0.1, 0.15) is 52.4 Å². The van der Waals surface area contributed by atoms with E-state index in [4.69, 9.17) is 0 Å². The van der Waals surface area contributed by atoms with Crippen molar-refractivity contribution in [2.24, 2.45) is 34.5 Å². The molecule has 0 radical (unpaired) electrons. The van der Waals surface area contributed by atoms with Crippen molar-refractivity contribution in [1.82, 2.24) is 0 Å². The Morgan fingerprint density at radius 2 is 1.82 bits per heavy atom. The van der Waals surface area contributed by atoms with E-state index < -0.39 is 12.3 Å². The topological polar surface area (TPSA) is 40.5 Å². The van der Waals surface area contributed by atoms with E-state index in [0.717, 1.165) is 32.1 Å². The van der Waals surface area contributed by atoms with Gasteiger partial charge in [0.15, 0.2) is 0 Å². The van der Waals surface area contributed by atoms with E-state index in [1.165, 1.54) is 0 Å². The van der Waals surface area contributed by atoms with Crippen LogP contribution >= 0.6 is 0 Å². The molecular weight excluding hydrogens is 279 g/mol. The van der Waals surface area contributed by atoms with Crippen molar-refractivity contribution in [3.63, 3.8) is 0 Å². The normalized spacial score (nSPS) is 60.5. The summed E-state index contributed by atoms with van der Waals surface area (Å²) in [5, 5.41) is 20.3. The highest BCUT2D eigenvalue weighted by Crippen LogP contribution is 2.65. The third kappa shape index (κ3) is 1.84. The van der Waals surface area contributed by atoms with Gasteiger partial charge in [-0.15, -0.1) is 0 Å². The number of alkyl halides is 1. The number of fused-ring (bicyclic) bond motifs is 5. The fourth-order valence-electron chi connectivity index (χ4n) is 6.73. The molecule has 0 bridgehead atoms. The molecule has 22 heavy (non-hydrogen) atoms. The first-order valence-electron chi connectivity index (χ1n) is 9.06. The lowest BCUT2D eigenvalue weighted by Gasteiger charge is -2.58. The average Bonchev–Trinajstić information content (AvgIpc) is 2.72. The Morgan fingerprint density at radius 1 is 1.05 bits per heavy atom. The summed E-state index contributed by atoms with van der Waals surface area (Å²) < 4.78 is 14.2. The zero-order chi connectivity index (χ0) is 15.7. The SMILES string of the molecule is C[C@]12C=CC(O)CC1CC[C@@H]1[C@H]2CC[C@]2(C)C(O)C(F)C[C@@H]12. The molecule has 0 spiro atoms. The molecule has 0 aromatic rings. The summed E-state index contributed by atoms with van der Waals surface area (Å²) in [4.78, 5) is 0. The van der Waals surface area contributed by atoms with Gasteiger partial charge in [0.1, 0.15) is 6.17 Å². The Hall–Kier alpha value is -0.410. The number of aliphatic hydroxyl groups excluding tert-OH is 2. The molecular formula is C19H29FO2. The Bertz CT molecular complexity index is 492. The van der Waals surface area contributed by atoms with Gasteiger partial charge in [0, 0.05) is 0 Å². The molecule has 0 amide bonds. The van der Waals surface area contributed by atoms with E-state index in [1.807, 2.05) is 6.08 Å². The van der Waals surface area contributed by atoms with Gasteiger partial charge in [-0.2, -0.15) is 0 Å². The van der Waals surface area contributed by atoms with Crippen LogP contribution in [-0.2, 0) is 0 Å². The summed E-state index contributed by atoms with van der Waals surface area (Å²) in [6.45, 7) is 4.48. The highest BCUT2D eigenvalue weighted by molar-refractivity contribution is 5.18. The van der Waals surface area contributed by atoms with E-state index in [-0.39, 0.29) is 16.9 Å². The van der Waals surface area contributed by atoms with Crippen LogP contribution in [0.15, 0.2) is 12.2 Å². The zero-order valence-electron chi connectivity index (χ0n) is 13.7. The van der Waals surface area contributed by atoms with Crippen molar-refractivity contribution < 1.29 is 14.6 Å². The number of rotatable bonds is 0. The lowest BCUT2D eigenvalue weighted by atomic mass is 9.46. The van der Waals surface area contributed by atoms with Crippen LogP contribution in [0.2, 0.25) is 0 Å². The zero-order valence-corrected chi connectivity index (χ0v) is 13.7. The third-order valence-electron chi connectivity index (χ3n) is 8.10. The fraction of sp³-hybridized carbons (Fsp3) is 0.895. The molecule has 0 saturated heterocycles. The Labute approximate surface area is 132 Å². The predicted molar refractivity (Wildman–Crippen MR) is 83.9 cm³/mol. The van der Waals surface area contributed by atoms with Crippen molar-refractivity contribution in [2.75, 3.05) is 0 Å². The molecule has 3 saturated carbocycles. The second-order valence-corrected chi connectivity index (χ2v) is 8.92. The maximum absolute atomic E-state index is 14.2. The summed E-state index contributed by atoms with van der Waals surface area (Å²) in [6.07, 6.45) is 7.90. The number of hydrogen-bond donors (Lipinski definition) is 2. The molecule has 2 nitrogen and oxygen atoms in total. The summed E-state index contributed by atoms with van der Waals surface area (Å²) in [5.41, 5.74) is -0.0650. The van der Waals surface area contributed by atoms with E-state index in [1.54, 1.807) is 0 Å². The molecule has 3 heteroatoms. The smallest absolute Gasteiger partial charge is 0.127 e. The van der Waals surface area contributed by atoms with Crippen molar-refractivity contribution in [1.29, 1.82) is 0 Å². The predicted octanol–water partition coefficient (Wildman–Crippen LogP) is 3.47. The molecule has 2 N–H and O–H groups in total. The van der Waals surface area contributed by atoms with Crippen molar-refractivity contribution >= 4 is 0 Å². The first kappa shape index (κ1) is 15.1. The van der Waals surface area contributed by atoms with Crippen molar-refractivity contribution in [3.05, 3.63) is 12.2 Å².